The first-order chi connectivity index (χ1) is 12.6. The van der Waals surface area contributed by atoms with E-state index in [2.05, 4.69) is 0 Å². The lowest BCUT2D eigenvalue weighted by molar-refractivity contribution is -0.133. The van der Waals surface area contributed by atoms with Gasteiger partial charge in [-0.05, 0) is 43.5 Å². The highest BCUT2D eigenvalue weighted by molar-refractivity contribution is 5.76. The smallest absolute Gasteiger partial charge is 0.250 e. The Morgan fingerprint density at radius 2 is 2.12 bits per heavy atom. The van der Waals surface area contributed by atoms with Crippen LogP contribution in [-0.4, -0.2) is 35.1 Å². The summed E-state index contributed by atoms with van der Waals surface area (Å²) in [6.45, 7) is 4.63. The van der Waals surface area contributed by atoms with Crippen molar-refractivity contribution in [1.82, 2.24) is 9.47 Å². The third-order valence-corrected chi connectivity index (χ3v) is 4.81. The molecule has 0 radical (unpaired) electrons. The highest BCUT2D eigenvalue weighted by Gasteiger charge is 2.24. The normalized spacial score (nSPS) is 17.1. The van der Waals surface area contributed by atoms with E-state index < -0.39 is 0 Å². The Bertz CT molecular complexity index is 800. The zero-order valence-electron chi connectivity index (χ0n) is 15.3. The molecule has 1 fully saturated rings. The third kappa shape index (κ3) is 4.97. The standard InChI is InChI=1S/C21H26N2O3/c1-17-6-4-8-19(14-17)26-16-18-7-5-12-23(15-18)21(25)10-13-22-11-3-2-9-20(22)24/h2-4,6,8-9,11,14,18H,5,7,10,12-13,15-16H2,1H3. The number of pyridine rings is 1. The summed E-state index contributed by atoms with van der Waals surface area (Å²) in [7, 11) is 0. The number of hydrogen-bond acceptors (Lipinski definition) is 3. The summed E-state index contributed by atoms with van der Waals surface area (Å²) in [5.74, 6) is 1.35. The van der Waals surface area contributed by atoms with Gasteiger partial charge >= 0.3 is 0 Å². The van der Waals surface area contributed by atoms with Crippen LogP contribution in [0.1, 0.15) is 24.8 Å². The van der Waals surface area contributed by atoms with Gasteiger partial charge in [0, 0.05) is 44.2 Å². The lowest BCUT2D eigenvalue weighted by Crippen LogP contribution is -2.42. The molecule has 1 atom stereocenters. The molecular formula is C21H26N2O3. The van der Waals surface area contributed by atoms with E-state index in [1.807, 2.05) is 42.2 Å². The van der Waals surface area contributed by atoms with Gasteiger partial charge in [-0.2, -0.15) is 0 Å². The minimum absolute atomic E-state index is 0.0663. The maximum absolute atomic E-state index is 12.5. The minimum atomic E-state index is -0.0663. The number of aryl methyl sites for hydroxylation is 2. The van der Waals surface area contributed by atoms with Crippen LogP contribution in [0.25, 0.3) is 0 Å². The molecule has 5 heteroatoms. The van der Waals surface area contributed by atoms with Gasteiger partial charge in [0.2, 0.25) is 5.91 Å². The molecule has 1 aromatic carbocycles. The second-order valence-electron chi connectivity index (χ2n) is 6.96. The Labute approximate surface area is 154 Å². The Hall–Kier alpha value is -2.56. The van der Waals surface area contributed by atoms with Gasteiger partial charge in [-0.1, -0.05) is 18.2 Å². The largest absolute Gasteiger partial charge is 0.493 e. The first kappa shape index (κ1) is 18.2. The van der Waals surface area contributed by atoms with Crippen molar-refractivity contribution in [2.75, 3.05) is 19.7 Å². The van der Waals surface area contributed by atoms with Gasteiger partial charge in [0.25, 0.3) is 5.56 Å². The summed E-state index contributed by atoms with van der Waals surface area (Å²) >= 11 is 0. The van der Waals surface area contributed by atoms with Gasteiger partial charge in [0.1, 0.15) is 5.75 Å². The fraction of sp³-hybridized carbons (Fsp3) is 0.429. The number of benzene rings is 1. The molecule has 26 heavy (non-hydrogen) atoms. The predicted molar refractivity (Wildman–Crippen MR) is 101 cm³/mol. The highest BCUT2D eigenvalue weighted by Crippen LogP contribution is 2.20. The van der Waals surface area contributed by atoms with Crippen molar-refractivity contribution in [2.24, 2.45) is 5.92 Å². The number of carbonyl (C=O) groups is 1. The Morgan fingerprint density at radius 1 is 1.23 bits per heavy atom. The van der Waals surface area contributed by atoms with E-state index in [1.165, 1.54) is 11.6 Å². The second-order valence-corrected chi connectivity index (χ2v) is 6.96. The number of rotatable bonds is 6. The Kier molecular flexibility index (Phi) is 6.10. The van der Waals surface area contributed by atoms with E-state index >= 15 is 0 Å². The van der Waals surface area contributed by atoms with Crippen molar-refractivity contribution in [2.45, 2.75) is 32.7 Å². The Morgan fingerprint density at radius 3 is 2.92 bits per heavy atom. The average molecular weight is 354 g/mol. The summed E-state index contributed by atoms with van der Waals surface area (Å²) in [6.07, 6.45) is 4.16. The summed E-state index contributed by atoms with van der Waals surface area (Å²) in [5, 5.41) is 0. The summed E-state index contributed by atoms with van der Waals surface area (Å²) in [6, 6.07) is 13.1. The number of nitrogens with zero attached hydrogens (tertiary/aromatic N) is 2. The SMILES string of the molecule is Cc1cccc(OCC2CCCN(C(=O)CCn3ccccc3=O)C2)c1. The lowest BCUT2D eigenvalue weighted by atomic mass is 9.98. The molecule has 3 rings (SSSR count). The number of carbonyl (C=O) groups excluding carboxylic acids is 1. The van der Waals surface area contributed by atoms with Gasteiger partial charge in [0.05, 0.1) is 6.61 Å². The molecular weight excluding hydrogens is 328 g/mol. The summed E-state index contributed by atoms with van der Waals surface area (Å²) in [4.78, 5) is 26.2. The van der Waals surface area contributed by atoms with Crippen molar-refractivity contribution in [3.8, 4) is 5.75 Å². The molecule has 2 heterocycles. The van der Waals surface area contributed by atoms with Crippen LogP contribution in [0.2, 0.25) is 0 Å². The van der Waals surface area contributed by atoms with Gasteiger partial charge in [-0.3, -0.25) is 9.59 Å². The van der Waals surface area contributed by atoms with E-state index in [0.717, 1.165) is 31.7 Å². The van der Waals surface area contributed by atoms with Crippen molar-refractivity contribution < 1.29 is 9.53 Å². The molecule has 0 N–H and O–H groups in total. The molecule has 138 valence electrons. The van der Waals surface area contributed by atoms with E-state index in [1.54, 1.807) is 16.8 Å². The topological polar surface area (TPSA) is 51.5 Å². The number of amides is 1. The zero-order valence-corrected chi connectivity index (χ0v) is 15.3. The van der Waals surface area contributed by atoms with Gasteiger partial charge in [-0.15, -0.1) is 0 Å². The van der Waals surface area contributed by atoms with Crippen LogP contribution < -0.4 is 10.3 Å². The number of hydrogen-bond donors (Lipinski definition) is 0. The van der Waals surface area contributed by atoms with Crippen LogP contribution in [0.15, 0.2) is 53.5 Å². The van der Waals surface area contributed by atoms with Crippen LogP contribution in [-0.2, 0) is 11.3 Å². The van der Waals surface area contributed by atoms with Crippen molar-refractivity contribution in [3.63, 3.8) is 0 Å². The minimum Gasteiger partial charge on any atom is -0.493 e. The van der Waals surface area contributed by atoms with Crippen molar-refractivity contribution in [1.29, 1.82) is 0 Å². The van der Waals surface area contributed by atoms with Crippen LogP contribution in [0.5, 0.6) is 5.75 Å². The van der Waals surface area contributed by atoms with Crippen LogP contribution in [0, 0.1) is 12.8 Å². The zero-order chi connectivity index (χ0) is 18.4. The maximum Gasteiger partial charge on any atom is 0.250 e. The van der Waals surface area contributed by atoms with E-state index in [0.29, 0.717) is 25.5 Å². The molecule has 1 unspecified atom stereocenters. The molecule has 0 saturated carbocycles. The van der Waals surface area contributed by atoms with E-state index in [-0.39, 0.29) is 11.5 Å². The number of aromatic nitrogens is 1. The predicted octanol–water partition coefficient (Wildman–Crippen LogP) is 2.86. The average Bonchev–Trinajstić information content (AvgIpc) is 2.66. The molecule has 5 nitrogen and oxygen atoms in total. The van der Waals surface area contributed by atoms with Crippen LogP contribution >= 0.6 is 0 Å². The van der Waals surface area contributed by atoms with E-state index in [9.17, 15) is 9.59 Å². The molecule has 1 saturated heterocycles. The molecule has 0 bridgehead atoms. The van der Waals surface area contributed by atoms with Crippen molar-refractivity contribution in [3.05, 3.63) is 64.6 Å². The second kappa shape index (κ2) is 8.70. The summed E-state index contributed by atoms with van der Waals surface area (Å²) < 4.78 is 7.50. The highest BCUT2D eigenvalue weighted by atomic mass is 16.5. The van der Waals surface area contributed by atoms with Crippen molar-refractivity contribution >= 4 is 5.91 Å². The quantitative estimate of drug-likeness (QED) is 0.801. The molecule has 0 spiro atoms. The first-order valence-electron chi connectivity index (χ1n) is 9.24. The maximum atomic E-state index is 12.5. The molecule has 1 amide bonds. The Balaban J connectivity index is 1.48. The lowest BCUT2D eigenvalue weighted by Gasteiger charge is -2.32. The molecule has 1 aliphatic heterocycles. The van der Waals surface area contributed by atoms with Crippen LogP contribution in [0.4, 0.5) is 0 Å². The molecule has 2 aromatic rings. The van der Waals surface area contributed by atoms with Crippen LogP contribution in [0.3, 0.4) is 0 Å². The monoisotopic (exact) mass is 354 g/mol. The molecule has 1 aliphatic rings. The van der Waals surface area contributed by atoms with Gasteiger partial charge in [-0.25, -0.2) is 0 Å². The van der Waals surface area contributed by atoms with Gasteiger partial charge in [0.15, 0.2) is 0 Å². The summed E-state index contributed by atoms with van der Waals surface area (Å²) in [5.41, 5.74) is 1.11. The van der Waals surface area contributed by atoms with E-state index in [4.69, 9.17) is 4.74 Å². The first-order valence-corrected chi connectivity index (χ1v) is 9.24. The number of ether oxygens (including phenoxy) is 1. The van der Waals surface area contributed by atoms with Gasteiger partial charge < -0.3 is 14.2 Å². The molecule has 0 aliphatic carbocycles. The number of likely N-dealkylation sites (tertiary alicyclic amines) is 1. The fourth-order valence-corrected chi connectivity index (χ4v) is 3.37. The molecule has 1 aromatic heterocycles. The fourth-order valence-electron chi connectivity index (χ4n) is 3.37. The number of piperidine rings is 1. The third-order valence-electron chi connectivity index (χ3n) is 4.81.